The van der Waals surface area contributed by atoms with Gasteiger partial charge in [-0.2, -0.15) is 0 Å². The van der Waals surface area contributed by atoms with Crippen molar-refractivity contribution in [3.63, 3.8) is 0 Å². The van der Waals surface area contributed by atoms with Gasteiger partial charge >= 0.3 is 5.97 Å². The second kappa shape index (κ2) is 3.83. The van der Waals surface area contributed by atoms with Crippen molar-refractivity contribution in [2.75, 3.05) is 0 Å². The van der Waals surface area contributed by atoms with Crippen LogP contribution >= 0.6 is 22.6 Å². The molecule has 0 aromatic heterocycles. The fourth-order valence-corrected chi connectivity index (χ4v) is 3.67. The average Bonchev–Trinajstić information content (AvgIpc) is 2.45. The minimum absolute atomic E-state index is 0.0125. The average molecular weight is 306 g/mol. The second-order valence-electron chi connectivity index (χ2n) is 4.12. The maximum atomic E-state index is 11.9. The van der Waals surface area contributed by atoms with E-state index in [4.69, 9.17) is 4.74 Å². The molecule has 2 nitrogen and oxygen atoms in total. The normalized spacial score (nSPS) is 25.7. The highest BCUT2D eigenvalue weighted by Gasteiger charge is 2.49. The second-order valence-corrected chi connectivity index (χ2v) is 5.20. The number of cyclic esters (lactones) is 1. The number of carbonyl (C=O) groups excluding carboxylic acids is 1. The van der Waals surface area contributed by atoms with E-state index in [-0.39, 0.29) is 11.4 Å². The van der Waals surface area contributed by atoms with Gasteiger partial charge in [0.2, 0.25) is 0 Å². The van der Waals surface area contributed by atoms with Crippen LogP contribution in [0.4, 0.5) is 0 Å². The zero-order chi connectivity index (χ0) is 10.2. The van der Waals surface area contributed by atoms with Crippen molar-refractivity contribution in [1.29, 1.82) is 0 Å². The van der Waals surface area contributed by atoms with Crippen LogP contribution in [0.3, 0.4) is 0 Å². The lowest BCUT2D eigenvalue weighted by molar-refractivity contribution is -0.146. The molecule has 0 amide bonds. The van der Waals surface area contributed by atoms with E-state index in [2.05, 4.69) is 22.6 Å². The summed E-state index contributed by atoms with van der Waals surface area (Å²) in [5.41, 5.74) is -0.232. The van der Waals surface area contributed by atoms with Crippen LogP contribution in [0.25, 0.3) is 0 Å². The molecule has 0 bridgehead atoms. The lowest BCUT2D eigenvalue weighted by Gasteiger charge is -2.29. The molecule has 1 saturated carbocycles. The van der Waals surface area contributed by atoms with E-state index in [0.717, 1.165) is 25.0 Å². The molecule has 1 aliphatic carbocycles. The molecule has 1 spiro atoms. The van der Waals surface area contributed by atoms with Crippen molar-refractivity contribution in [2.45, 2.75) is 45.4 Å². The maximum absolute atomic E-state index is 11.9. The Kier molecular flexibility index (Phi) is 2.86. The smallest absolute Gasteiger partial charge is 0.322 e. The van der Waals surface area contributed by atoms with E-state index in [1.165, 1.54) is 22.8 Å². The number of carbonyl (C=O) groups is 1. The quantitative estimate of drug-likeness (QED) is 0.547. The Morgan fingerprint density at radius 3 is 2.50 bits per heavy atom. The first-order valence-corrected chi connectivity index (χ1v) is 6.40. The summed E-state index contributed by atoms with van der Waals surface area (Å²) in [6, 6.07) is 0. The standard InChI is InChI=1S/C11H15IO2/c1-2-8-9(12)11(10(13)14-8)6-4-3-5-7-11/h2-7H2,1H3. The number of hydrogen-bond donors (Lipinski definition) is 0. The minimum Gasteiger partial charge on any atom is -0.430 e. The van der Waals surface area contributed by atoms with Crippen molar-refractivity contribution in [3.05, 3.63) is 9.34 Å². The summed E-state index contributed by atoms with van der Waals surface area (Å²) in [4.78, 5) is 11.9. The molecular formula is C11H15IO2. The van der Waals surface area contributed by atoms with Crippen LogP contribution in [0.15, 0.2) is 9.34 Å². The van der Waals surface area contributed by atoms with Crippen LogP contribution in [0.1, 0.15) is 45.4 Å². The summed E-state index contributed by atoms with van der Waals surface area (Å²) >= 11 is 2.32. The lowest BCUT2D eigenvalue weighted by atomic mass is 9.74. The summed E-state index contributed by atoms with van der Waals surface area (Å²) in [5, 5.41) is 0. The van der Waals surface area contributed by atoms with E-state index in [9.17, 15) is 4.79 Å². The molecule has 2 aliphatic rings. The van der Waals surface area contributed by atoms with Gasteiger partial charge in [0.25, 0.3) is 0 Å². The van der Waals surface area contributed by atoms with Gasteiger partial charge in [-0.1, -0.05) is 26.2 Å². The molecule has 1 heterocycles. The van der Waals surface area contributed by atoms with Gasteiger partial charge in [0.05, 0.1) is 0 Å². The largest absolute Gasteiger partial charge is 0.430 e. The van der Waals surface area contributed by atoms with Gasteiger partial charge < -0.3 is 4.74 Å². The summed E-state index contributed by atoms with van der Waals surface area (Å²) in [5.74, 6) is 0.927. The molecule has 2 rings (SSSR count). The van der Waals surface area contributed by atoms with Crippen molar-refractivity contribution in [3.8, 4) is 0 Å². The third kappa shape index (κ3) is 1.40. The molecule has 0 atom stereocenters. The highest BCUT2D eigenvalue weighted by Crippen LogP contribution is 2.52. The summed E-state index contributed by atoms with van der Waals surface area (Å²) in [6.07, 6.45) is 6.42. The Labute approximate surface area is 98.2 Å². The summed E-state index contributed by atoms with van der Waals surface area (Å²) in [7, 11) is 0. The van der Waals surface area contributed by atoms with Crippen LogP contribution in [-0.2, 0) is 9.53 Å². The van der Waals surface area contributed by atoms with Gasteiger partial charge in [-0.25, -0.2) is 0 Å². The Balaban J connectivity index is 2.32. The van der Waals surface area contributed by atoms with E-state index in [1.54, 1.807) is 0 Å². The predicted molar refractivity (Wildman–Crippen MR) is 62.9 cm³/mol. The summed E-state index contributed by atoms with van der Waals surface area (Å²) in [6.45, 7) is 2.04. The first-order chi connectivity index (χ1) is 6.70. The predicted octanol–water partition coefficient (Wildman–Crippen LogP) is 3.55. The van der Waals surface area contributed by atoms with Crippen LogP contribution < -0.4 is 0 Å². The molecular weight excluding hydrogens is 291 g/mol. The van der Waals surface area contributed by atoms with Crippen molar-refractivity contribution in [1.82, 2.24) is 0 Å². The Bertz CT molecular complexity index is 288. The van der Waals surface area contributed by atoms with Crippen molar-refractivity contribution in [2.24, 2.45) is 5.41 Å². The third-order valence-electron chi connectivity index (χ3n) is 3.30. The van der Waals surface area contributed by atoms with Crippen molar-refractivity contribution >= 4 is 28.6 Å². The van der Waals surface area contributed by atoms with E-state index in [1.807, 2.05) is 6.92 Å². The van der Waals surface area contributed by atoms with Crippen LogP contribution in [0.5, 0.6) is 0 Å². The molecule has 0 aromatic carbocycles. The van der Waals surface area contributed by atoms with E-state index >= 15 is 0 Å². The number of allylic oxidation sites excluding steroid dienone is 1. The highest BCUT2D eigenvalue weighted by molar-refractivity contribution is 14.1. The Morgan fingerprint density at radius 1 is 1.36 bits per heavy atom. The first kappa shape index (κ1) is 10.5. The molecule has 3 heteroatoms. The zero-order valence-corrected chi connectivity index (χ0v) is 10.6. The fourth-order valence-electron chi connectivity index (χ4n) is 2.42. The Morgan fingerprint density at radius 2 is 2.00 bits per heavy atom. The highest BCUT2D eigenvalue weighted by atomic mass is 127. The van der Waals surface area contributed by atoms with Crippen LogP contribution in [0.2, 0.25) is 0 Å². The molecule has 0 N–H and O–H groups in total. The zero-order valence-electron chi connectivity index (χ0n) is 8.44. The molecule has 14 heavy (non-hydrogen) atoms. The molecule has 0 unspecified atom stereocenters. The van der Waals surface area contributed by atoms with Gasteiger partial charge in [-0.05, 0) is 35.4 Å². The van der Waals surface area contributed by atoms with Gasteiger partial charge in [0, 0.05) is 10.0 Å². The molecule has 0 aromatic rings. The summed E-state index contributed by atoms with van der Waals surface area (Å²) < 4.78 is 6.53. The molecule has 0 radical (unpaired) electrons. The van der Waals surface area contributed by atoms with Crippen LogP contribution in [0, 0.1) is 5.41 Å². The fraction of sp³-hybridized carbons (Fsp3) is 0.727. The molecule has 78 valence electrons. The third-order valence-corrected chi connectivity index (χ3v) is 4.93. The Hall–Kier alpha value is -0.0600. The number of ether oxygens (including phenoxy) is 1. The van der Waals surface area contributed by atoms with Gasteiger partial charge in [0.1, 0.15) is 11.2 Å². The lowest BCUT2D eigenvalue weighted by Crippen LogP contribution is -2.30. The number of halogens is 1. The maximum Gasteiger partial charge on any atom is 0.322 e. The van der Waals surface area contributed by atoms with Gasteiger partial charge in [-0.3, -0.25) is 4.79 Å². The van der Waals surface area contributed by atoms with Crippen LogP contribution in [-0.4, -0.2) is 5.97 Å². The SMILES string of the molecule is CCC1=C(I)C2(CCCCC2)C(=O)O1. The number of rotatable bonds is 1. The number of hydrogen-bond acceptors (Lipinski definition) is 2. The number of esters is 1. The van der Waals surface area contributed by atoms with Gasteiger partial charge in [-0.15, -0.1) is 0 Å². The topological polar surface area (TPSA) is 26.3 Å². The monoisotopic (exact) mass is 306 g/mol. The van der Waals surface area contributed by atoms with E-state index < -0.39 is 0 Å². The van der Waals surface area contributed by atoms with Gasteiger partial charge in [0.15, 0.2) is 0 Å². The molecule has 1 aliphatic heterocycles. The first-order valence-electron chi connectivity index (χ1n) is 5.32. The van der Waals surface area contributed by atoms with Crippen molar-refractivity contribution < 1.29 is 9.53 Å². The molecule has 1 fully saturated rings. The molecule has 0 saturated heterocycles. The minimum atomic E-state index is -0.232. The van der Waals surface area contributed by atoms with E-state index in [0.29, 0.717) is 0 Å².